The van der Waals surface area contributed by atoms with Crippen LogP contribution in [0.1, 0.15) is 32.1 Å². The van der Waals surface area contributed by atoms with Gasteiger partial charge in [0.05, 0.1) is 6.10 Å². The van der Waals surface area contributed by atoms with Gasteiger partial charge >= 0.3 is 0 Å². The lowest BCUT2D eigenvalue weighted by molar-refractivity contribution is 0.0665. The number of nitrogens with zero attached hydrogens (tertiary/aromatic N) is 2. The fraction of sp³-hybridized carbons (Fsp3) is 1.00. The summed E-state index contributed by atoms with van der Waals surface area (Å²) in [4.78, 5) is 4.78. The molecular formula is C13H26N2O. The van der Waals surface area contributed by atoms with Crippen LogP contribution < -0.4 is 0 Å². The van der Waals surface area contributed by atoms with Gasteiger partial charge in [-0.2, -0.15) is 0 Å². The first-order valence-corrected chi connectivity index (χ1v) is 6.83. The van der Waals surface area contributed by atoms with Crippen LogP contribution in [0.3, 0.4) is 0 Å². The third-order valence-electron chi connectivity index (χ3n) is 4.14. The molecule has 0 amide bonds. The van der Waals surface area contributed by atoms with Crippen molar-refractivity contribution < 1.29 is 5.11 Å². The van der Waals surface area contributed by atoms with Crippen molar-refractivity contribution in [2.24, 2.45) is 5.92 Å². The normalized spacial score (nSPS) is 27.4. The highest BCUT2D eigenvalue weighted by Crippen LogP contribution is 2.28. The average Bonchev–Trinajstić information content (AvgIpc) is 2.74. The molecule has 1 saturated carbocycles. The lowest BCUT2D eigenvalue weighted by Gasteiger charge is -2.33. The molecule has 2 rings (SSSR count). The van der Waals surface area contributed by atoms with Crippen LogP contribution in [0.4, 0.5) is 0 Å². The first kappa shape index (κ1) is 12.3. The molecular weight excluding hydrogens is 200 g/mol. The maximum atomic E-state index is 10.1. The van der Waals surface area contributed by atoms with E-state index in [0.29, 0.717) is 0 Å². The molecule has 2 fully saturated rings. The molecule has 0 aromatic carbocycles. The predicted molar refractivity (Wildman–Crippen MR) is 66.5 cm³/mol. The van der Waals surface area contributed by atoms with Crippen molar-refractivity contribution >= 4 is 0 Å². The lowest BCUT2D eigenvalue weighted by Crippen LogP contribution is -2.47. The van der Waals surface area contributed by atoms with Gasteiger partial charge in [0.1, 0.15) is 0 Å². The Morgan fingerprint density at radius 2 is 1.75 bits per heavy atom. The van der Waals surface area contributed by atoms with Gasteiger partial charge in [0, 0.05) is 32.7 Å². The van der Waals surface area contributed by atoms with Gasteiger partial charge in [-0.3, -0.25) is 4.90 Å². The highest BCUT2D eigenvalue weighted by atomic mass is 16.3. The smallest absolute Gasteiger partial charge is 0.0669 e. The number of aliphatic hydroxyl groups excluding tert-OH is 1. The van der Waals surface area contributed by atoms with Crippen molar-refractivity contribution in [1.82, 2.24) is 9.80 Å². The molecule has 1 unspecified atom stereocenters. The molecule has 0 spiro atoms. The highest BCUT2D eigenvalue weighted by Gasteiger charge is 2.21. The maximum Gasteiger partial charge on any atom is 0.0669 e. The van der Waals surface area contributed by atoms with Crippen LogP contribution in [0.25, 0.3) is 0 Å². The Bertz CT molecular complexity index is 196. The first-order valence-electron chi connectivity index (χ1n) is 6.83. The largest absolute Gasteiger partial charge is 0.392 e. The SMILES string of the molecule is CN1CCN(CC(O)CC2CCCC2)CC1. The molecule has 94 valence electrons. The summed E-state index contributed by atoms with van der Waals surface area (Å²) >= 11 is 0. The van der Waals surface area contributed by atoms with Crippen LogP contribution in [-0.2, 0) is 0 Å². The molecule has 1 aliphatic heterocycles. The second kappa shape index (κ2) is 5.99. The van der Waals surface area contributed by atoms with Gasteiger partial charge in [-0.25, -0.2) is 0 Å². The number of hydrogen-bond donors (Lipinski definition) is 1. The van der Waals surface area contributed by atoms with Gasteiger partial charge < -0.3 is 10.0 Å². The summed E-state index contributed by atoms with van der Waals surface area (Å²) in [6.07, 6.45) is 6.40. The molecule has 2 aliphatic rings. The molecule has 16 heavy (non-hydrogen) atoms. The minimum atomic E-state index is -0.0912. The van der Waals surface area contributed by atoms with E-state index in [1.54, 1.807) is 0 Å². The Hall–Kier alpha value is -0.120. The molecule has 1 saturated heterocycles. The van der Waals surface area contributed by atoms with E-state index in [-0.39, 0.29) is 6.10 Å². The molecule has 1 atom stereocenters. The molecule has 0 aromatic rings. The van der Waals surface area contributed by atoms with E-state index in [1.165, 1.54) is 25.7 Å². The third kappa shape index (κ3) is 3.72. The Labute approximate surface area is 99.4 Å². The highest BCUT2D eigenvalue weighted by molar-refractivity contribution is 4.76. The van der Waals surface area contributed by atoms with E-state index < -0.39 is 0 Å². The predicted octanol–water partition coefficient (Wildman–Crippen LogP) is 1.17. The molecule has 1 N–H and O–H groups in total. The Morgan fingerprint density at radius 1 is 1.12 bits per heavy atom. The molecule has 1 heterocycles. The van der Waals surface area contributed by atoms with Gasteiger partial charge in [0.25, 0.3) is 0 Å². The number of hydrogen-bond acceptors (Lipinski definition) is 3. The third-order valence-corrected chi connectivity index (χ3v) is 4.14. The number of likely N-dealkylation sites (N-methyl/N-ethyl adjacent to an activating group) is 1. The van der Waals surface area contributed by atoms with Crippen molar-refractivity contribution in [3.05, 3.63) is 0 Å². The minimum absolute atomic E-state index is 0.0912. The zero-order valence-corrected chi connectivity index (χ0v) is 10.6. The van der Waals surface area contributed by atoms with E-state index in [1.807, 2.05) is 0 Å². The van der Waals surface area contributed by atoms with Crippen LogP contribution in [0.5, 0.6) is 0 Å². The van der Waals surface area contributed by atoms with Gasteiger partial charge in [-0.1, -0.05) is 25.7 Å². The summed E-state index contributed by atoms with van der Waals surface area (Å²) in [6, 6.07) is 0. The molecule has 3 nitrogen and oxygen atoms in total. The second-order valence-corrected chi connectivity index (χ2v) is 5.64. The van der Waals surface area contributed by atoms with Gasteiger partial charge in [-0.15, -0.1) is 0 Å². The van der Waals surface area contributed by atoms with E-state index in [2.05, 4.69) is 16.8 Å². The quantitative estimate of drug-likeness (QED) is 0.779. The molecule has 0 radical (unpaired) electrons. The van der Waals surface area contributed by atoms with Crippen molar-refractivity contribution in [3.63, 3.8) is 0 Å². The zero-order chi connectivity index (χ0) is 11.4. The van der Waals surface area contributed by atoms with Crippen LogP contribution >= 0.6 is 0 Å². The number of β-amino-alcohol motifs (C(OH)–C–C–N with tert-alkyl or cyclic N) is 1. The summed E-state index contributed by atoms with van der Waals surface area (Å²) in [5, 5.41) is 10.1. The monoisotopic (exact) mass is 226 g/mol. The fourth-order valence-electron chi connectivity index (χ4n) is 3.03. The van der Waals surface area contributed by atoms with E-state index in [4.69, 9.17) is 0 Å². The van der Waals surface area contributed by atoms with E-state index in [9.17, 15) is 5.11 Å². The van der Waals surface area contributed by atoms with Crippen LogP contribution in [0.2, 0.25) is 0 Å². The maximum absolute atomic E-state index is 10.1. The van der Waals surface area contributed by atoms with E-state index >= 15 is 0 Å². The number of rotatable bonds is 4. The second-order valence-electron chi connectivity index (χ2n) is 5.64. The lowest BCUT2D eigenvalue weighted by atomic mass is 10.00. The molecule has 0 bridgehead atoms. The van der Waals surface area contributed by atoms with Gasteiger partial charge in [0.15, 0.2) is 0 Å². The first-order chi connectivity index (χ1) is 7.74. The summed E-state index contributed by atoms with van der Waals surface area (Å²) in [7, 11) is 2.17. The summed E-state index contributed by atoms with van der Waals surface area (Å²) in [5.41, 5.74) is 0. The summed E-state index contributed by atoms with van der Waals surface area (Å²) in [5.74, 6) is 0.808. The van der Waals surface area contributed by atoms with Crippen molar-refractivity contribution in [2.45, 2.75) is 38.2 Å². The average molecular weight is 226 g/mol. The van der Waals surface area contributed by atoms with Crippen molar-refractivity contribution in [2.75, 3.05) is 39.8 Å². The van der Waals surface area contributed by atoms with E-state index in [0.717, 1.165) is 45.1 Å². The van der Waals surface area contributed by atoms with Crippen LogP contribution in [-0.4, -0.2) is 60.8 Å². The van der Waals surface area contributed by atoms with Crippen LogP contribution in [0, 0.1) is 5.92 Å². The number of piperazine rings is 1. The Kier molecular flexibility index (Phi) is 4.62. The summed E-state index contributed by atoms with van der Waals surface area (Å²) < 4.78 is 0. The Morgan fingerprint density at radius 3 is 2.38 bits per heavy atom. The van der Waals surface area contributed by atoms with Gasteiger partial charge in [0.2, 0.25) is 0 Å². The molecule has 3 heteroatoms. The summed E-state index contributed by atoms with van der Waals surface area (Å²) in [6.45, 7) is 5.44. The van der Waals surface area contributed by atoms with Crippen molar-refractivity contribution in [1.29, 1.82) is 0 Å². The van der Waals surface area contributed by atoms with Crippen molar-refractivity contribution in [3.8, 4) is 0 Å². The number of aliphatic hydroxyl groups is 1. The fourth-order valence-corrected chi connectivity index (χ4v) is 3.03. The standard InChI is InChI=1S/C13H26N2O/c1-14-6-8-15(9-7-14)11-13(16)10-12-4-2-3-5-12/h12-13,16H,2-11H2,1H3. The zero-order valence-electron chi connectivity index (χ0n) is 10.6. The topological polar surface area (TPSA) is 26.7 Å². The minimum Gasteiger partial charge on any atom is -0.392 e. The molecule has 1 aliphatic carbocycles. The molecule has 0 aromatic heterocycles. The Balaban J connectivity index is 1.64. The van der Waals surface area contributed by atoms with Gasteiger partial charge in [-0.05, 0) is 19.4 Å². The van der Waals surface area contributed by atoms with Crippen LogP contribution in [0.15, 0.2) is 0 Å².